The van der Waals surface area contributed by atoms with Gasteiger partial charge in [-0.25, -0.2) is 9.97 Å². The molecule has 1 aliphatic carbocycles. The zero-order chi connectivity index (χ0) is 23.9. The van der Waals surface area contributed by atoms with Crippen molar-refractivity contribution in [3.8, 4) is 0 Å². The number of aryl methyl sites for hydroxylation is 1. The number of nitrogens with zero attached hydrogens (tertiary/aromatic N) is 3. The molecule has 33 heavy (non-hydrogen) atoms. The first-order chi connectivity index (χ1) is 15.7. The van der Waals surface area contributed by atoms with Gasteiger partial charge in [-0.3, -0.25) is 23.7 Å². The Morgan fingerprint density at radius 2 is 1.88 bits per heavy atom. The number of anilines is 3. The van der Waals surface area contributed by atoms with Crippen molar-refractivity contribution in [2.75, 3.05) is 10.6 Å². The van der Waals surface area contributed by atoms with Crippen LogP contribution in [0, 0.1) is 12.8 Å². The van der Waals surface area contributed by atoms with Crippen molar-refractivity contribution in [2.24, 2.45) is 5.92 Å². The molecule has 3 heterocycles. The highest BCUT2D eigenvalue weighted by Crippen LogP contribution is 2.32. The van der Waals surface area contributed by atoms with Crippen molar-refractivity contribution < 1.29 is 14.4 Å². The van der Waals surface area contributed by atoms with Gasteiger partial charge in [0.1, 0.15) is 35.0 Å². The van der Waals surface area contributed by atoms with Crippen LogP contribution in [0.2, 0.25) is 0 Å². The molecule has 0 bridgehead atoms. The van der Waals surface area contributed by atoms with Crippen LogP contribution in [0.1, 0.15) is 56.1 Å². The van der Waals surface area contributed by atoms with Gasteiger partial charge in [-0.2, -0.15) is 0 Å². The largest absolute Gasteiger partial charge is 0.353 e. The van der Waals surface area contributed by atoms with E-state index >= 15 is 0 Å². The molecular formula is C22H27N7O4. The van der Waals surface area contributed by atoms with E-state index in [0.29, 0.717) is 36.3 Å². The van der Waals surface area contributed by atoms with Crippen LogP contribution in [-0.4, -0.2) is 38.3 Å². The van der Waals surface area contributed by atoms with Crippen LogP contribution in [0.15, 0.2) is 23.3 Å². The summed E-state index contributed by atoms with van der Waals surface area (Å²) in [4.78, 5) is 57.6. The van der Waals surface area contributed by atoms with E-state index in [-0.39, 0.29) is 46.7 Å². The summed E-state index contributed by atoms with van der Waals surface area (Å²) in [5.74, 6) is -0.381. The fraction of sp³-hybridized carbons (Fsp3) is 0.455. The first kappa shape index (κ1) is 22.4. The normalized spacial score (nSPS) is 19.9. The summed E-state index contributed by atoms with van der Waals surface area (Å²) in [6, 6.07) is 2.99. The lowest BCUT2D eigenvalue weighted by Crippen LogP contribution is -2.46. The Hall–Kier alpha value is -3.76. The lowest BCUT2D eigenvalue weighted by Gasteiger charge is -2.29. The van der Waals surface area contributed by atoms with E-state index < -0.39 is 5.66 Å². The molecule has 2 aliphatic rings. The Kier molecular flexibility index (Phi) is 5.64. The van der Waals surface area contributed by atoms with Crippen molar-refractivity contribution in [1.82, 2.24) is 25.2 Å². The van der Waals surface area contributed by atoms with Gasteiger partial charge >= 0.3 is 0 Å². The summed E-state index contributed by atoms with van der Waals surface area (Å²) in [6.07, 6.45) is 2.99. The number of hydrogen-bond donors (Lipinski definition) is 4. The molecule has 1 saturated carbocycles. The zero-order valence-electron chi connectivity index (χ0n) is 19.0. The minimum atomic E-state index is -0.772. The molecule has 0 aromatic carbocycles. The maximum absolute atomic E-state index is 13.3. The highest BCUT2D eigenvalue weighted by molar-refractivity contribution is 5.97. The highest BCUT2D eigenvalue weighted by atomic mass is 16.2. The lowest BCUT2D eigenvalue weighted by atomic mass is 10.0. The van der Waals surface area contributed by atoms with E-state index in [1.807, 2.05) is 13.8 Å². The van der Waals surface area contributed by atoms with Crippen LogP contribution in [0.3, 0.4) is 0 Å². The van der Waals surface area contributed by atoms with Gasteiger partial charge in [0.15, 0.2) is 0 Å². The van der Waals surface area contributed by atoms with Crippen LogP contribution in [0.5, 0.6) is 0 Å². The van der Waals surface area contributed by atoms with E-state index in [2.05, 4.69) is 31.2 Å². The molecule has 0 radical (unpaired) electrons. The van der Waals surface area contributed by atoms with E-state index in [1.54, 1.807) is 13.0 Å². The standard InChI is InChI=1S/C22H27N7O4/c1-5-22(6-2)28-20(32)18-11(3)7-15(21(33)29(18)22)26-16-9-17(24-10-23-16)27-19(31)13-8-14(13)25-12(4)30/h7,9-10,13-14H,5-6,8H2,1-4H3,(H,25,30)(H,28,32)(H2,23,24,26,27,31). The molecule has 2 unspecified atom stereocenters. The van der Waals surface area contributed by atoms with Crippen molar-refractivity contribution in [2.45, 2.75) is 58.7 Å². The highest BCUT2D eigenvalue weighted by Gasteiger charge is 2.44. The number of hydrogen-bond acceptors (Lipinski definition) is 7. The molecule has 0 spiro atoms. The smallest absolute Gasteiger partial charge is 0.276 e. The van der Waals surface area contributed by atoms with Crippen LogP contribution in [-0.2, 0) is 15.3 Å². The van der Waals surface area contributed by atoms with E-state index in [1.165, 1.54) is 23.9 Å². The summed E-state index contributed by atoms with van der Waals surface area (Å²) < 4.78 is 1.53. The summed E-state index contributed by atoms with van der Waals surface area (Å²) in [5.41, 5.74) is 0.188. The number of nitrogens with one attached hydrogen (secondary N) is 4. The maximum Gasteiger partial charge on any atom is 0.276 e. The summed E-state index contributed by atoms with van der Waals surface area (Å²) >= 11 is 0. The summed E-state index contributed by atoms with van der Waals surface area (Å²) in [7, 11) is 0. The fourth-order valence-corrected chi connectivity index (χ4v) is 4.35. The minimum Gasteiger partial charge on any atom is -0.353 e. The van der Waals surface area contributed by atoms with E-state index in [0.717, 1.165) is 0 Å². The zero-order valence-corrected chi connectivity index (χ0v) is 19.0. The summed E-state index contributed by atoms with van der Waals surface area (Å²) in [6.45, 7) is 7.05. The molecule has 4 rings (SSSR count). The predicted molar refractivity (Wildman–Crippen MR) is 121 cm³/mol. The second-order valence-corrected chi connectivity index (χ2v) is 8.47. The molecule has 2 atom stereocenters. The van der Waals surface area contributed by atoms with Gasteiger partial charge < -0.3 is 21.3 Å². The minimum absolute atomic E-state index is 0.162. The number of fused-ring (bicyclic) bond motifs is 1. The van der Waals surface area contributed by atoms with Crippen molar-refractivity contribution in [3.63, 3.8) is 0 Å². The maximum atomic E-state index is 13.3. The van der Waals surface area contributed by atoms with Gasteiger partial charge in [-0.15, -0.1) is 0 Å². The van der Waals surface area contributed by atoms with Crippen molar-refractivity contribution in [1.29, 1.82) is 0 Å². The Balaban J connectivity index is 1.57. The second-order valence-electron chi connectivity index (χ2n) is 8.47. The van der Waals surface area contributed by atoms with Crippen molar-refractivity contribution >= 4 is 35.0 Å². The third kappa shape index (κ3) is 4.06. The molecule has 1 fully saturated rings. The first-order valence-corrected chi connectivity index (χ1v) is 11.0. The van der Waals surface area contributed by atoms with Crippen LogP contribution in [0.4, 0.5) is 17.3 Å². The summed E-state index contributed by atoms with van der Waals surface area (Å²) in [5, 5.41) is 11.4. The molecule has 0 saturated heterocycles. The van der Waals surface area contributed by atoms with Crippen molar-refractivity contribution in [3.05, 3.63) is 40.1 Å². The molecule has 174 valence electrons. The van der Waals surface area contributed by atoms with Gasteiger partial charge in [0, 0.05) is 19.0 Å². The Bertz CT molecular complexity index is 1200. The lowest BCUT2D eigenvalue weighted by molar-refractivity contribution is -0.119. The van der Waals surface area contributed by atoms with Crippen LogP contribution in [0.25, 0.3) is 0 Å². The predicted octanol–water partition coefficient (Wildman–Crippen LogP) is 1.37. The number of amides is 3. The van der Waals surface area contributed by atoms with Gasteiger partial charge in [0.05, 0.1) is 5.92 Å². The van der Waals surface area contributed by atoms with Crippen LogP contribution < -0.4 is 26.8 Å². The third-order valence-corrected chi connectivity index (χ3v) is 6.25. The topological polar surface area (TPSA) is 147 Å². The Labute approximate surface area is 190 Å². The fourth-order valence-electron chi connectivity index (χ4n) is 4.35. The molecule has 3 amide bonds. The number of pyridine rings is 1. The monoisotopic (exact) mass is 453 g/mol. The molecule has 11 nitrogen and oxygen atoms in total. The first-order valence-electron chi connectivity index (χ1n) is 11.0. The average Bonchev–Trinajstić information content (AvgIpc) is 3.45. The third-order valence-electron chi connectivity index (χ3n) is 6.25. The molecule has 1 aliphatic heterocycles. The molecular weight excluding hydrogens is 426 g/mol. The number of carbonyl (C=O) groups excluding carboxylic acids is 3. The van der Waals surface area contributed by atoms with Gasteiger partial charge in [-0.1, -0.05) is 13.8 Å². The Morgan fingerprint density at radius 1 is 1.18 bits per heavy atom. The van der Waals surface area contributed by atoms with Gasteiger partial charge in [0.25, 0.3) is 11.5 Å². The van der Waals surface area contributed by atoms with Gasteiger partial charge in [0.2, 0.25) is 11.8 Å². The number of aromatic nitrogens is 3. The Morgan fingerprint density at radius 3 is 2.55 bits per heavy atom. The SMILES string of the molecule is CCC1(CC)NC(=O)c2c(C)cc(Nc3cc(NC(=O)C4CC4NC(C)=O)ncn3)c(=O)n21. The number of carbonyl (C=O) groups is 3. The molecule has 2 aromatic rings. The van der Waals surface area contributed by atoms with E-state index in [9.17, 15) is 19.2 Å². The van der Waals surface area contributed by atoms with Crippen LogP contribution >= 0.6 is 0 Å². The molecule has 4 N–H and O–H groups in total. The quantitative estimate of drug-likeness (QED) is 0.495. The molecule has 11 heteroatoms. The number of rotatable bonds is 7. The molecule has 2 aromatic heterocycles. The van der Waals surface area contributed by atoms with E-state index in [4.69, 9.17) is 0 Å². The second kappa shape index (κ2) is 8.30. The van der Waals surface area contributed by atoms with Gasteiger partial charge in [-0.05, 0) is 37.8 Å². The average molecular weight is 454 g/mol.